The monoisotopic (exact) mass is 266 g/mol. The third-order valence-corrected chi connectivity index (χ3v) is 2.77. The van der Waals surface area contributed by atoms with Crippen LogP contribution in [0.4, 0.5) is 5.69 Å². The molecule has 5 heteroatoms. The number of anilines is 1. The van der Waals surface area contributed by atoms with E-state index >= 15 is 0 Å². The lowest BCUT2D eigenvalue weighted by molar-refractivity contribution is -0.137. The van der Waals surface area contributed by atoms with Crippen molar-refractivity contribution in [2.45, 2.75) is 32.2 Å². The fraction of sp³-hybridized carbons (Fsp3) is 0.385. The first-order valence-electron chi connectivity index (χ1n) is 5.54. The summed E-state index contributed by atoms with van der Waals surface area (Å²) in [6.07, 6.45) is 0.530. The Morgan fingerprint density at radius 2 is 2.22 bits per heavy atom. The van der Waals surface area contributed by atoms with Gasteiger partial charge in [0.1, 0.15) is 6.07 Å². The molecule has 2 N–H and O–H groups in total. The molecule has 18 heavy (non-hydrogen) atoms. The maximum atomic E-state index is 10.6. The number of carboxylic acid groups (broad SMARTS) is 1. The van der Waals surface area contributed by atoms with Gasteiger partial charge in [0.05, 0.1) is 11.3 Å². The van der Waals surface area contributed by atoms with E-state index in [0.29, 0.717) is 22.7 Å². The number of nitrogens with one attached hydrogen (secondary N) is 1. The van der Waals surface area contributed by atoms with Crippen molar-refractivity contribution >= 4 is 23.3 Å². The maximum Gasteiger partial charge on any atom is 0.303 e. The van der Waals surface area contributed by atoms with Crippen LogP contribution in [-0.2, 0) is 4.79 Å². The standard InChI is InChI=1S/C13H15ClN2O2/c1-13(2,6-5-12(17)18)16-11-7-10(14)4-3-9(11)8-15/h3-4,7,16H,5-6H2,1-2H3,(H,17,18). The summed E-state index contributed by atoms with van der Waals surface area (Å²) >= 11 is 5.89. The summed E-state index contributed by atoms with van der Waals surface area (Å²) in [5.41, 5.74) is 0.692. The van der Waals surface area contributed by atoms with Gasteiger partial charge in [-0.2, -0.15) is 5.26 Å². The molecule has 0 unspecified atom stereocenters. The minimum absolute atomic E-state index is 0.0719. The molecule has 4 nitrogen and oxygen atoms in total. The van der Waals surface area contributed by atoms with Gasteiger partial charge < -0.3 is 10.4 Å². The smallest absolute Gasteiger partial charge is 0.303 e. The van der Waals surface area contributed by atoms with E-state index in [1.54, 1.807) is 18.2 Å². The molecule has 0 saturated carbocycles. The number of carboxylic acids is 1. The van der Waals surface area contributed by atoms with Crippen molar-refractivity contribution in [3.05, 3.63) is 28.8 Å². The third kappa shape index (κ3) is 4.27. The Kier molecular flexibility index (Phi) is 4.57. The van der Waals surface area contributed by atoms with Crippen molar-refractivity contribution in [3.8, 4) is 6.07 Å². The van der Waals surface area contributed by atoms with Gasteiger partial charge in [-0.1, -0.05) is 11.6 Å². The summed E-state index contributed by atoms with van der Waals surface area (Å²) < 4.78 is 0. The first-order chi connectivity index (χ1) is 8.34. The van der Waals surface area contributed by atoms with Crippen molar-refractivity contribution in [3.63, 3.8) is 0 Å². The molecule has 0 heterocycles. The first-order valence-corrected chi connectivity index (χ1v) is 5.91. The molecule has 0 saturated heterocycles. The molecule has 0 spiro atoms. The van der Waals surface area contributed by atoms with Crippen LogP contribution in [0.25, 0.3) is 0 Å². The molecule has 0 aliphatic heterocycles. The van der Waals surface area contributed by atoms with Crippen LogP contribution in [0.5, 0.6) is 0 Å². The molecule has 1 rings (SSSR count). The molecule has 0 aliphatic rings. The van der Waals surface area contributed by atoms with Gasteiger partial charge in [-0.25, -0.2) is 0 Å². The number of carbonyl (C=O) groups is 1. The Labute approximate surface area is 111 Å². The Morgan fingerprint density at radius 3 is 2.78 bits per heavy atom. The van der Waals surface area contributed by atoms with E-state index in [1.165, 1.54) is 0 Å². The number of benzene rings is 1. The van der Waals surface area contributed by atoms with Crippen LogP contribution in [0.2, 0.25) is 5.02 Å². The average molecular weight is 267 g/mol. The van der Waals surface area contributed by atoms with Gasteiger partial charge in [0, 0.05) is 17.0 Å². The Balaban J connectivity index is 2.86. The van der Waals surface area contributed by atoms with E-state index < -0.39 is 11.5 Å². The zero-order chi connectivity index (χ0) is 13.8. The van der Waals surface area contributed by atoms with E-state index in [4.69, 9.17) is 22.0 Å². The van der Waals surface area contributed by atoms with Gasteiger partial charge in [0.25, 0.3) is 0 Å². The van der Waals surface area contributed by atoms with Crippen molar-refractivity contribution in [2.24, 2.45) is 0 Å². The molecule has 96 valence electrons. The van der Waals surface area contributed by atoms with Gasteiger partial charge >= 0.3 is 5.97 Å². The Bertz CT molecular complexity index is 492. The number of nitriles is 1. The molecule has 1 aromatic carbocycles. The highest BCUT2D eigenvalue weighted by Gasteiger charge is 2.20. The van der Waals surface area contributed by atoms with E-state index in [2.05, 4.69) is 11.4 Å². The number of hydrogen-bond acceptors (Lipinski definition) is 3. The second kappa shape index (κ2) is 5.74. The SMILES string of the molecule is CC(C)(CCC(=O)O)Nc1cc(Cl)ccc1C#N. The van der Waals surface area contributed by atoms with Crippen LogP contribution in [0.1, 0.15) is 32.3 Å². The number of nitrogens with zero attached hydrogens (tertiary/aromatic N) is 1. The van der Waals surface area contributed by atoms with Crippen LogP contribution >= 0.6 is 11.6 Å². The maximum absolute atomic E-state index is 10.6. The van der Waals surface area contributed by atoms with Crippen LogP contribution < -0.4 is 5.32 Å². The summed E-state index contributed by atoms with van der Waals surface area (Å²) in [6, 6.07) is 7.03. The highest BCUT2D eigenvalue weighted by atomic mass is 35.5. The third-order valence-electron chi connectivity index (χ3n) is 2.54. The lowest BCUT2D eigenvalue weighted by Crippen LogP contribution is -2.31. The zero-order valence-electron chi connectivity index (χ0n) is 10.3. The molecule has 0 amide bonds. The number of aliphatic carboxylic acids is 1. The molecule has 0 aliphatic carbocycles. The first kappa shape index (κ1) is 14.3. The van der Waals surface area contributed by atoms with Crippen molar-refractivity contribution in [1.82, 2.24) is 0 Å². The summed E-state index contributed by atoms with van der Waals surface area (Å²) in [4.78, 5) is 10.6. The molecule has 0 radical (unpaired) electrons. The minimum Gasteiger partial charge on any atom is -0.481 e. The van der Waals surface area contributed by atoms with Crippen LogP contribution in [0.3, 0.4) is 0 Å². The van der Waals surface area contributed by atoms with Gasteiger partial charge in [0.15, 0.2) is 0 Å². The number of halogens is 1. The average Bonchev–Trinajstić information content (AvgIpc) is 2.26. The summed E-state index contributed by atoms with van der Waals surface area (Å²) in [6.45, 7) is 3.77. The fourth-order valence-corrected chi connectivity index (χ4v) is 1.74. The minimum atomic E-state index is -0.837. The number of rotatable bonds is 5. The lowest BCUT2D eigenvalue weighted by atomic mass is 9.97. The molecule has 1 aromatic rings. The summed E-state index contributed by atoms with van der Waals surface area (Å²) in [5, 5.41) is 21.4. The molecular formula is C13H15ClN2O2. The zero-order valence-corrected chi connectivity index (χ0v) is 11.1. The van der Waals surface area contributed by atoms with E-state index in [9.17, 15) is 4.79 Å². The van der Waals surface area contributed by atoms with Crippen molar-refractivity contribution < 1.29 is 9.90 Å². The van der Waals surface area contributed by atoms with E-state index in [-0.39, 0.29) is 6.42 Å². The topological polar surface area (TPSA) is 73.1 Å². The lowest BCUT2D eigenvalue weighted by Gasteiger charge is -2.27. The summed E-state index contributed by atoms with van der Waals surface area (Å²) in [7, 11) is 0. The predicted octanol–water partition coefficient (Wildman–Crippen LogP) is 3.27. The molecule has 0 fully saturated rings. The Morgan fingerprint density at radius 1 is 1.56 bits per heavy atom. The Hall–Kier alpha value is -1.73. The van der Waals surface area contributed by atoms with Crippen LogP contribution in [0.15, 0.2) is 18.2 Å². The van der Waals surface area contributed by atoms with E-state index in [0.717, 1.165) is 0 Å². The van der Waals surface area contributed by atoms with Crippen molar-refractivity contribution in [2.75, 3.05) is 5.32 Å². The molecular weight excluding hydrogens is 252 g/mol. The van der Waals surface area contributed by atoms with Gasteiger partial charge in [-0.15, -0.1) is 0 Å². The molecule has 0 bridgehead atoms. The second-order valence-corrected chi connectivity index (χ2v) is 5.14. The van der Waals surface area contributed by atoms with E-state index in [1.807, 2.05) is 13.8 Å². The summed E-state index contributed by atoms with van der Waals surface area (Å²) in [5.74, 6) is -0.837. The fourth-order valence-electron chi connectivity index (χ4n) is 1.56. The highest BCUT2D eigenvalue weighted by molar-refractivity contribution is 6.30. The molecule has 0 atom stereocenters. The normalized spacial score (nSPS) is 10.8. The van der Waals surface area contributed by atoms with Crippen LogP contribution in [-0.4, -0.2) is 16.6 Å². The predicted molar refractivity (Wildman–Crippen MR) is 70.7 cm³/mol. The largest absolute Gasteiger partial charge is 0.481 e. The van der Waals surface area contributed by atoms with Gasteiger partial charge in [-0.3, -0.25) is 4.79 Å². The number of hydrogen-bond donors (Lipinski definition) is 2. The second-order valence-electron chi connectivity index (χ2n) is 4.70. The van der Waals surface area contributed by atoms with Crippen LogP contribution in [0, 0.1) is 11.3 Å². The van der Waals surface area contributed by atoms with Gasteiger partial charge in [-0.05, 0) is 38.5 Å². The highest BCUT2D eigenvalue weighted by Crippen LogP contribution is 2.25. The van der Waals surface area contributed by atoms with Gasteiger partial charge in [0.2, 0.25) is 0 Å². The molecule has 0 aromatic heterocycles. The quantitative estimate of drug-likeness (QED) is 0.858. The van der Waals surface area contributed by atoms with Crippen molar-refractivity contribution in [1.29, 1.82) is 5.26 Å².